The molecule has 0 unspecified atom stereocenters. The smallest absolute Gasteiger partial charge is 0.423 e. The van der Waals surface area contributed by atoms with Gasteiger partial charge in [-0.05, 0) is 22.7 Å². The van der Waals surface area contributed by atoms with E-state index in [4.69, 9.17) is 10.0 Å². The second-order valence-corrected chi connectivity index (χ2v) is 3.18. The van der Waals surface area contributed by atoms with Crippen molar-refractivity contribution in [3.8, 4) is 0 Å². The molecule has 3 nitrogen and oxygen atoms in total. The molecule has 1 heterocycles. The first-order valence-corrected chi connectivity index (χ1v) is 4.43. The van der Waals surface area contributed by atoms with Crippen molar-refractivity contribution in [2.45, 2.75) is 0 Å². The molecule has 0 fully saturated rings. The Hall–Kier alpha value is -1.39. The van der Waals surface area contributed by atoms with Crippen LogP contribution in [0.2, 0.25) is 0 Å². The lowest BCUT2D eigenvalue weighted by atomic mass is 9.80. The first kappa shape index (κ1) is 9.18. The molecule has 1 aliphatic rings. The summed E-state index contributed by atoms with van der Waals surface area (Å²) in [6, 6.07) is 7.16. The SMILES string of the molecule is OB(O)c1ccc(C2=CC=NC2)cc1. The Morgan fingerprint density at radius 1 is 1.14 bits per heavy atom. The highest BCUT2D eigenvalue weighted by Crippen LogP contribution is 2.15. The van der Waals surface area contributed by atoms with Crippen LogP contribution >= 0.6 is 0 Å². The molecule has 0 bridgehead atoms. The Bertz CT molecular complexity index is 382. The molecule has 4 heteroatoms. The summed E-state index contributed by atoms with van der Waals surface area (Å²) in [4.78, 5) is 4.08. The minimum absolute atomic E-state index is 0.508. The fourth-order valence-corrected chi connectivity index (χ4v) is 1.40. The Morgan fingerprint density at radius 2 is 1.86 bits per heavy atom. The van der Waals surface area contributed by atoms with Crippen LogP contribution in [0.25, 0.3) is 5.57 Å². The predicted molar refractivity (Wildman–Crippen MR) is 57.6 cm³/mol. The molecule has 70 valence electrons. The lowest BCUT2D eigenvalue weighted by molar-refractivity contribution is 0.426. The summed E-state index contributed by atoms with van der Waals surface area (Å²) in [5.41, 5.74) is 2.74. The van der Waals surface area contributed by atoms with Gasteiger partial charge in [-0.2, -0.15) is 0 Å². The van der Waals surface area contributed by atoms with Crippen molar-refractivity contribution in [2.24, 2.45) is 4.99 Å². The molecule has 0 spiro atoms. The zero-order chi connectivity index (χ0) is 9.97. The van der Waals surface area contributed by atoms with Gasteiger partial charge in [-0.3, -0.25) is 4.99 Å². The van der Waals surface area contributed by atoms with Crippen LogP contribution < -0.4 is 5.46 Å². The number of aliphatic imine (C=N–C) groups is 1. The molecule has 0 radical (unpaired) electrons. The minimum atomic E-state index is -1.39. The number of allylic oxidation sites excluding steroid dienone is 1. The highest BCUT2D eigenvalue weighted by atomic mass is 16.4. The van der Waals surface area contributed by atoms with E-state index in [0.29, 0.717) is 12.0 Å². The van der Waals surface area contributed by atoms with E-state index < -0.39 is 7.12 Å². The fourth-order valence-electron chi connectivity index (χ4n) is 1.40. The quantitative estimate of drug-likeness (QED) is 0.631. The van der Waals surface area contributed by atoms with Gasteiger partial charge in [0.15, 0.2) is 0 Å². The molecule has 0 atom stereocenters. The summed E-state index contributed by atoms with van der Waals surface area (Å²) < 4.78 is 0. The first-order valence-electron chi connectivity index (χ1n) is 4.43. The molecule has 2 rings (SSSR count). The maximum Gasteiger partial charge on any atom is 0.488 e. The standard InChI is InChI=1S/C10H10BNO2/c13-11(14)10-3-1-8(2-4-10)9-5-6-12-7-9/h1-6,13-14H,7H2. The monoisotopic (exact) mass is 187 g/mol. The van der Waals surface area contributed by atoms with Crippen LogP contribution in [0.5, 0.6) is 0 Å². The molecule has 1 aromatic carbocycles. The van der Waals surface area contributed by atoms with E-state index in [1.165, 1.54) is 0 Å². The maximum atomic E-state index is 8.90. The van der Waals surface area contributed by atoms with Gasteiger partial charge >= 0.3 is 7.12 Å². The third-order valence-corrected chi connectivity index (χ3v) is 2.22. The zero-order valence-corrected chi connectivity index (χ0v) is 7.59. The molecule has 0 saturated carbocycles. The normalized spacial score (nSPS) is 14.3. The molecule has 0 aromatic heterocycles. The summed E-state index contributed by atoms with van der Waals surface area (Å²) in [5.74, 6) is 0. The van der Waals surface area contributed by atoms with Crippen LogP contribution in [0.4, 0.5) is 0 Å². The van der Waals surface area contributed by atoms with Crippen molar-refractivity contribution >= 4 is 24.4 Å². The zero-order valence-electron chi connectivity index (χ0n) is 7.59. The summed E-state index contributed by atoms with van der Waals surface area (Å²) in [6.07, 6.45) is 3.74. The predicted octanol–water partition coefficient (Wildman–Crippen LogP) is -0.166. The van der Waals surface area contributed by atoms with E-state index in [2.05, 4.69) is 4.99 Å². The van der Waals surface area contributed by atoms with Gasteiger partial charge in [0.25, 0.3) is 0 Å². The Morgan fingerprint density at radius 3 is 2.36 bits per heavy atom. The van der Waals surface area contributed by atoms with Crippen LogP contribution in [0.3, 0.4) is 0 Å². The second-order valence-electron chi connectivity index (χ2n) is 3.18. The van der Waals surface area contributed by atoms with Gasteiger partial charge in [0.2, 0.25) is 0 Å². The Balaban J connectivity index is 2.22. The van der Waals surface area contributed by atoms with E-state index in [0.717, 1.165) is 11.1 Å². The Kier molecular flexibility index (Phi) is 2.48. The largest absolute Gasteiger partial charge is 0.488 e. The molecule has 0 saturated heterocycles. The lowest BCUT2D eigenvalue weighted by Gasteiger charge is -2.03. The summed E-state index contributed by atoms with van der Waals surface area (Å²) in [6.45, 7) is 0.709. The van der Waals surface area contributed by atoms with Gasteiger partial charge in [0, 0.05) is 6.21 Å². The van der Waals surface area contributed by atoms with Crippen LogP contribution in [0.15, 0.2) is 35.3 Å². The van der Waals surface area contributed by atoms with E-state index in [-0.39, 0.29) is 0 Å². The van der Waals surface area contributed by atoms with Gasteiger partial charge in [-0.15, -0.1) is 0 Å². The molecular weight excluding hydrogens is 177 g/mol. The van der Waals surface area contributed by atoms with Crippen LogP contribution in [0.1, 0.15) is 5.56 Å². The van der Waals surface area contributed by atoms with Gasteiger partial charge in [0.1, 0.15) is 0 Å². The minimum Gasteiger partial charge on any atom is -0.423 e. The topological polar surface area (TPSA) is 52.8 Å². The van der Waals surface area contributed by atoms with E-state index in [1.807, 2.05) is 18.2 Å². The second kappa shape index (κ2) is 3.78. The first-order chi connectivity index (χ1) is 6.77. The van der Waals surface area contributed by atoms with Crippen molar-refractivity contribution in [2.75, 3.05) is 6.54 Å². The number of hydrogen-bond donors (Lipinski definition) is 2. The number of benzene rings is 1. The number of hydrogen-bond acceptors (Lipinski definition) is 3. The van der Waals surface area contributed by atoms with Crippen LogP contribution in [-0.2, 0) is 0 Å². The van der Waals surface area contributed by atoms with Crippen molar-refractivity contribution < 1.29 is 10.0 Å². The van der Waals surface area contributed by atoms with Gasteiger partial charge in [-0.1, -0.05) is 24.3 Å². The lowest BCUT2D eigenvalue weighted by Crippen LogP contribution is -2.29. The maximum absolute atomic E-state index is 8.90. The number of rotatable bonds is 2. The number of nitrogens with zero attached hydrogens (tertiary/aromatic N) is 1. The summed E-state index contributed by atoms with van der Waals surface area (Å²) in [7, 11) is -1.39. The third kappa shape index (κ3) is 1.76. The van der Waals surface area contributed by atoms with E-state index >= 15 is 0 Å². The highest BCUT2D eigenvalue weighted by Gasteiger charge is 2.10. The molecular formula is C10H10BNO2. The summed E-state index contributed by atoms with van der Waals surface area (Å²) >= 11 is 0. The van der Waals surface area contributed by atoms with Crippen molar-refractivity contribution in [1.29, 1.82) is 0 Å². The van der Waals surface area contributed by atoms with Crippen LogP contribution in [-0.4, -0.2) is 29.9 Å². The van der Waals surface area contributed by atoms with Crippen molar-refractivity contribution in [3.05, 3.63) is 35.9 Å². The van der Waals surface area contributed by atoms with Gasteiger partial charge in [0.05, 0.1) is 6.54 Å². The highest BCUT2D eigenvalue weighted by molar-refractivity contribution is 6.58. The third-order valence-electron chi connectivity index (χ3n) is 2.22. The summed E-state index contributed by atoms with van der Waals surface area (Å²) in [5, 5.41) is 17.8. The Labute approximate surface area is 82.6 Å². The molecule has 14 heavy (non-hydrogen) atoms. The molecule has 1 aliphatic heterocycles. The van der Waals surface area contributed by atoms with Gasteiger partial charge in [-0.25, -0.2) is 0 Å². The average Bonchev–Trinajstić information content (AvgIpc) is 2.71. The van der Waals surface area contributed by atoms with E-state index in [1.54, 1.807) is 18.3 Å². The van der Waals surface area contributed by atoms with Crippen molar-refractivity contribution in [3.63, 3.8) is 0 Å². The molecule has 0 amide bonds. The van der Waals surface area contributed by atoms with E-state index in [9.17, 15) is 0 Å². The fraction of sp³-hybridized carbons (Fsp3) is 0.100. The van der Waals surface area contributed by atoms with Crippen LogP contribution in [0, 0.1) is 0 Å². The molecule has 0 aliphatic carbocycles. The molecule has 1 aromatic rings. The molecule has 2 N–H and O–H groups in total. The average molecular weight is 187 g/mol. The van der Waals surface area contributed by atoms with Gasteiger partial charge < -0.3 is 10.0 Å². The van der Waals surface area contributed by atoms with Crippen molar-refractivity contribution in [1.82, 2.24) is 0 Å².